The molecule has 1 aliphatic rings. The van der Waals surface area contributed by atoms with E-state index in [0.29, 0.717) is 11.3 Å². The van der Waals surface area contributed by atoms with Crippen molar-refractivity contribution in [3.05, 3.63) is 0 Å². The normalized spacial score (nSPS) is 22.4. The lowest BCUT2D eigenvalue weighted by Crippen LogP contribution is -2.39. The lowest BCUT2D eigenvalue weighted by molar-refractivity contribution is 0.0264. The molecule has 0 aromatic heterocycles. The fraction of sp³-hybridized carbons (Fsp3) is 1.00. The molecule has 0 N–H and O–H groups in total. The smallest absolute Gasteiger partial charge is 0.411 e. The van der Waals surface area contributed by atoms with E-state index in [1.165, 1.54) is 0 Å². The Morgan fingerprint density at radius 2 is 1.64 bits per heavy atom. The van der Waals surface area contributed by atoms with Gasteiger partial charge in [0.2, 0.25) is 0 Å². The maximum absolute atomic E-state index is 5.39. The van der Waals surface area contributed by atoms with E-state index < -0.39 is 0 Å². The molecule has 0 bridgehead atoms. The summed E-state index contributed by atoms with van der Waals surface area (Å²) in [5, 5.41) is 0. The highest BCUT2D eigenvalue weighted by Gasteiger charge is 2.30. The summed E-state index contributed by atoms with van der Waals surface area (Å²) in [6, 6.07) is 0. The molecule has 0 amide bonds. The summed E-state index contributed by atoms with van der Waals surface area (Å²) >= 11 is 0. The second kappa shape index (κ2) is 3.15. The minimum Gasteiger partial charge on any atom is -0.411 e. The Morgan fingerprint density at radius 3 is 2.00 bits per heavy atom. The molecule has 0 aromatic rings. The molecule has 0 aliphatic carbocycles. The third-order valence-corrected chi connectivity index (χ3v) is 2.29. The zero-order chi connectivity index (χ0) is 8.48. The molecule has 1 aliphatic heterocycles. The number of hydrogen-bond donors (Lipinski definition) is 0. The van der Waals surface area contributed by atoms with E-state index in [-0.39, 0.29) is 7.12 Å². The molecule has 64 valence electrons. The average Bonchev–Trinajstić information content (AvgIpc) is 1.86. The molecule has 3 heteroatoms. The van der Waals surface area contributed by atoms with Gasteiger partial charge >= 0.3 is 7.12 Å². The topological polar surface area (TPSA) is 18.5 Å². The molecule has 0 radical (unpaired) electrons. The van der Waals surface area contributed by atoms with Crippen LogP contribution in [0.25, 0.3) is 0 Å². The summed E-state index contributed by atoms with van der Waals surface area (Å²) in [5.41, 5.74) is 0.306. The largest absolute Gasteiger partial charge is 0.453 e. The first-order valence-electron chi connectivity index (χ1n) is 4.23. The minimum atomic E-state index is -0.00593. The Labute approximate surface area is 69.4 Å². The fourth-order valence-corrected chi connectivity index (χ4v) is 1.10. The van der Waals surface area contributed by atoms with Gasteiger partial charge in [0, 0.05) is 19.1 Å². The first-order valence-corrected chi connectivity index (χ1v) is 4.23. The van der Waals surface area contributed by atoms with Crippen LogP contribution in [0.3, 0.4) is 0 Å². The molecule has 0 spiro atoms. The van der Waals surface area contributed by atoms with E-state index >= 15 is 0 Å². The van der Waals surface area contributed by atoms with E-state index in [1.54, 1.807) is 0 Å². The van der Waals surface area contributed by atoms with Gasteiger partial charge in [-0.15, -0.1) is 0 Å². The van der Waals surface area contributed by atoms with E-state index in [0.717, 1.165) is 13.2 Å². The highest BCUT2D eigenvalue weighted by molar-refractivity contribution is 6.42. The third kappa shape index (κ3) is 2.49. The zero-order valence-electron chi connectivity index (χ0n) is 7.89. The van der Waals surface area contributed by atoms with Gasteiger partial charge in [-0.1, -0.05) is 20.8 Å². The summed E-state index contributed by atoms with van der Waals surface area (Å²) in [5.74, 6) is 0.540. The number of hydrogen-bond acceptors (Lipinski definition) is 2. The maximum Gasteiger partial charge on any atom is 0.453 e. The Morgan fingerprint density at radius 1 is 1.18 bits per heavy atom. The zero-order valence-corrected chi connectivity index (χ0v) is 7.89. The van der Waals surface area contributed by atoms with Gasteiger partial charge in [0.1, 0.15) is 0 Å². The van der Waals surface area contributed by atoms with Crippen LogP contribution in [0.4, 0.5) is 0 Å². The SMILES string of the molecule is CB1OCC(C(C)(C)C)CO1. The molecule has 1 fully saturated rings. The molecule has 0 unspecified atom stereocenters. The van der Waals surface area contributed by atoms with Gasteiger partial charge in [0.15, 0.2) is 0 Å². The Hall–Kier alpha value is -0.0151. The fourth-order valence-electron chi connectivity index (χ4n) is 1.10. The predicted octanol–water partition coefficient (Wildman–Crippen LogP) is 1.81. The van der Waals surface area contributed by atoms with Crippen LogP contribution >= 0.6 is 0 Å². The minimum absolute atomic E-state index is 0.00593. The monoisotopic (exact) mass is 156 g/mol. The third-order valence-electron chi connectivity index (χ3n) is 2.29. The van der Waals surface area contributed by atoms with Crippen molar-refractivity contribution in [2.24, 2.45) is 11.3 Å². The molecule has 1 heterocycles. The first kappa shape index (κ1) is 9.08. The summed E-state index contributed by atoms with van der Waals surface area (Å²) in [4.78, 5) is 0. The summed E-state index contributed by atoms with van der Waals surface area (Å²) in [6.45, 7) is 10.3. The van der Waals surface area contributed by atoms with Gasteiger partial charge in [-0.3, -0.25) is 0 Å². The van der Waals surface area contributed by atoms with Crippen molar-refractivity contribution in [3.8, 4) is 0 Å². The molecule has 1 rings (SSSR count). The van der Waals surface area contributed by atoms with Crippen LogP contribution in [-0.4, -0.2) is 20.3 Å². The van der Waals surface area contributed by atoms with Crippen molar-refractivity contribution in [2.75, 3.05) is 13.2 Å². The summed E-state index contributed by atoms with van der Waals surface area (Å²) < 4.78 is 10.8. The van der Waals surface area contributed by atoms with E-state index in [9.17, 15) is 0 Å². The van der Waals surface area contributed by atoms with Gasteiger partial charge in [0.25, 0.3) is 0 Å². The van der Waals surface area contributed by atoms with Crippen molar-refractivity contribution < 1.29 is 9.31 Å². The molecule has 11 heavy (non-hydrogen) atoms. The van der Waals surface area contributed by atoms with Gasteiger partial charge in [-0.05, 0) is 12.2 Å². The van der Waals surface area contributed by atoms with Crippen LogP contribution in [0, 0.1) is 11.3 Å². The lowest BCUT2D eigenvalue weighted by atomic mass is 9.79. The highest BCUT2D eigenvalue weighted by Crippen LogP contribution is 2.28. The lowest BCUT2D eigenvalue weighted by Gasteiger charge is -2.35. The van der Waals surface area contributed by atoms with Crippen LogP contribution in [0.15, 0.2) is 0 Å². The molecule has 1 saturated heterocycles. The molecule has 0 aromatic carbocycles. The van der Waals surface area contributed by atoms with Crippen molar-refractivity contribution in [2.45, 2.75) is 27.6 Å². The van der Waals surface area contributed by atoms with Crippen molar-refractivity contribution >= 4 is 7.12 Å². The quantitative estimate of drug-likeness (QED) is 0.498. The second-order valence-electron chi connectivity index (χ2n) is 4.30. The van der Waals surface area contributed by atoms with Crippen LogP contribution < -0.4 is 0 Å². The van der Waals surface area contributed by atoms with Gasteiger partial charge < -0.3 is 9.31 Å². The van der Waals surface area contributed by atoms with Gasteiger partial charge in [-0.2, -0.15) is 0 Å². The molecule has 2 nitrogen and oxygen atoms in total. The second-order valence-corrected chi connectivity index (χ2v) is 4.30. The van der Waals surface area contributed by atoms with E-state index in [4.69, 9.17) is 9.31 Å². The van der Waals surface area contributed by atoms with E-state index in [2.05, 4.69) is 20.8 Å². The van der Waals surface area contributed by atoms with Crippen molar-refractivity contribution in [3.63, 3.8) is 0 Å². The van der Waals surface area contributed by atoms with Gasteiger partial charge in [-0.25, -0.2) is 0 Å². The van der Waals surface area contributed by atoms with Crippen molar-refractivity contribution in [1.82, 2.24) is 0 Å². The molecular formula is C8H17BO2. The average molecular weight is 156 g/mol. The first-order chi connectivity index (χ1) is 5.00. The van der Waals surface area contributed by atoms with Gasteiger partial charge in [0.05, 0.1) is 0 Å². The Kier molecular flexibility index (Phi) is 2.60. The molecule has 0 atom stereocenters. The van der Waals surface area contributed by atoms with Crippen LogP contribution in [0.2, 0.25) is 6.82 Å². The van der Waals surface area contributed by atoms with Crippen molar-refractivity contribution in [1.29, 1.82) is 0 Å². The molecule has 0 saturated carbocycles. The highest BCUT2D eigenvalue weighted by atomic mass is 16.6. The standard InChI is InChI=1S/C8H17BO2/c1-8(2,3)7-5-10-9(4)11-6-7/h7H,5-6H2,1-4H3. The number of rotatable bonds is 0. The predicted molar refractivity (Wildman–Crippen MR) is 46.5 cm³/mol. The Balaban J connectivity index is 2.39. The Bertz CT molecular complexity index is 123. The summed E-state index contributed by atoms with van der Waals surface area (Å²) in [7, 11) is -0.00593. The van der Waals surface area contributed by atoms with Crippen LogP contribution in [0.5, 0.6) is 0 Å². The molecular weight excluding hydrogens is 139 g/mol. The van der Waals surface area contributed by atoms with E-state index in [1.807, 2.05) is 6.82 Å². The van der Waals surface area contributed by atoms with Crippen LogP contribution in [-0.2, 0) is 9.31 Å². The maximum atomic E-state index is 5.39. The van der Waals surface area contributed by atoms with Crippen LogP contribution in [0.1, 0.15) is 20.8 Å². The summed E-state index contributed by atoms with van der Waals surface area (Å²) in [6.07, 6.45) is 0.